The average Bonchev–Trinajstić information content (AvgIpc) is 2.90. The lowest BCUT2D eigenvalue weighted by atomic mass is 9.97. The topological polar surface area (TPSA) is 57.7 Å². The Kier molecular flexibility index (Phi) is 8.72. The van der Waals surface area contributed by atoms with Crippen LogP contribution in [0.5, 0.6) is 0 Å². The van der Waals surface area contributed by atoms with Crippen molar-refractivity contribution in [3.8, 4) is 0 Å². The number of piperidine rings is 1. The lowest BCUT2D eigenvalue weighted by molar-refractivity contribution is -0.138. The molecule has 5 nitrogen and oxygen atoms in total. The van der Waals surface area contributed by atoms with Gasteiger partial charge in [-0.05, 0) is 42.4 Å². The molecule has 3 aromatic rings. The molecule has 4 rings (SSSR count). The molecule has 0 aliphatic carbocycles. The molecule has 0 N–H and O–H groups in total. The second kappa shape index (κ2) is 12.1. The fraction of sp³-hybridized carbons (Fsp3) is 0.345. The van der Waals surface area contributed by atoms with Crippen molar-refractivity contribution in [1.82, 2.24) is 9.21 Å². The van der Waals surface area contributed by atoms with Gasteiger partial charge in [0, 0.05) is 26.2 Å². The molecule has 0 bridgehead atoms. The largest absolute Gasteiger partial charge is 0.334 e. The number of rotatable bonds is 10. The highest BCUT2D eigenvalue weighted by atomic mass is 32.2. The van der Waals surface area contributed by atoms with E-state index >= 15 is 0 Å². The van der Waals surface area contributed by atoms with Gasteiger partial charge >= 0.3 is 0 Å². The van der Waals surface area contributed by atoms with Crippen LogP contribution in [0.15, 0.2) is 91.0 Å². The fourth-order valence-corrected chi connectivity index (χ4v) is 6.29. The summed E-state index contributed by atoms with van der Waals surface area (Å²) in [6.45, 7) is 1.78. The molecule has 1 heterocycles. The molecule has 0 radical (unpaired) electrons. The predicted molar refractivity (Wildman–Crippen MR) is 140 cm³/mol. The van der Waals surface area contributed by atoms with E-state index < -0.39 is 10.0 Å². The first-order valence-corrected chi connectivity index (χ1v) is 14.0. The van der Waals surface area contributed by atoms with Gasteiger partial charge in [0.15, 0.2) is 0 Å². The summed E-state index contributed by atoms with van der Waals surface area (Å²) in [4.78, 5) is 15.6. The van der Waals surface area contributed by atoms with E-state index in [1.165, 1.54) is 0 Å². The van der Waals surface area contributed by atoms with Gasteiger partial charge in [-0.25, -0.2) is 12.7 Å². The number of amides is 1. The normalized spacial score (nSPS) is 16.6. The molecule has 0 spiro atoms. The summed E-state index contributed by atoms with van der Waals surface area (Å²) >= 11 is 0. The summed E-state index contributed by atoms with van der Waals surface area (Å²) in [7, 11) is -3.40. The molecule has 6 heteroatoms. The van der Waals surface area contributed by atoms with Crippen molar-refractivity contribution in [2.45, 2.75) is 38.8 Å². The summed E-state index contributed by atoms with van der Waals surface area (Å²) in [6.07, 6.45) is 2.74. The van der Waals surface area contributed by atoms with Crippen LogP contribution in [-0.2, 0) is 34.3 Å². The van der Waals surface area contributed by atoms with Crippen LogP contribution >= 0.6 is 0 Å². The van der Waals surface area contributed by atoms with Gasteiger partial charge < -0.3 is 4.90 Å². The summed E-state index contributed by atoms with van der Waals surface area (Å²) in [5.74, 6) is -0.178. The standard InChI is InChI=1S/C29H34N2O3S/c32-29(30(22-26-14-6-2-7-15-26)23-27-16-8-3-9-17-27)28-19-10-20-31(24-28)35(33,34)21-11-18-25-12-4-1-5-13-25/h1-9,12-17,28H,10-11,18-24H2/t28-/m0/s1. The van der Waals surface area contributed by atoms with Crippen molar-refractivity contribution in [2.24, 2.45) is 5.92 Å². The minimum absolute atomic E-state index is 0.0295. The van der Waals surface area contributed by atoms with E-state index in [-0.39, 0.29) is 24.1 Å². The third-order valence-corrected chi connectivity index (χ3v) is 8.50. The molecule has 0 aromatic heterocycles. The van der Waals surface area contributed by atoms with Crippen molar-refractivity contribution in [2.75, 3.05) is 18.8 Å². The molecule has 1 aliphatic heterocycles. The van der Waals surface area contributed by atoms with Crippen molar-refractivity contribution >= 4 is 15.9 Å². The SMILES string of the molecule is O=C([C@H]1CCCN(S(=O)(=O)CCCc2ccccc2)C1)N(Cc1ccccc1)Cc1ccccc1. The molecule has 1 aliphatic rings. The van der Waals surface area contributed by atoms with Gasteiger partial charge in [-0.1, -0.05) is 91.0 Å². The van der Waals surface area contributed by atoms with E-state index in [4.69, 9.17) is 0 Å². The van der Waals surface area contributed by atoms with Crippen molar-refractivity contribution in [1.29, 1.82) is 0 Å². The van der Waals surface area contributed by atoms with Gasteiger partial charge in [-0.15, -0.1) is 0 Å². The van der Waals surface area contributed by atoms with Crippen molar-refractivity contribution in [3.63, 3.8) is 0 Å². The van der Waals surface area contributed by atoms with Crippen molar-refractivity contribution in [3.05, 3.63) is 108 Å². The quantitative estimate of drug-likeness (QED) is 0.407. The van der Waals surface area contributed by atoms with Crippen LogP contribution in [0.4, 0.5) is 0 Å². The highest BCUT2D eigenvalue weighted by molar-refractivity contribution is 7.89. The van der Waals surface area contributed by atoms with Gasteiger partial charge in [0.25, 0.3) is 0 Å². The maximum atomic E-state index is 13.7. The fourth-order valence-electron chi connectivity index (χ4n) is 4.71. The van der Waals surface area contributed by atoms with E-state index in [9.17, 15) is 13.2 Å². The van der Waals surface area contributed by atoms with Gasteiger partial charge in [-0.3, -0.25) is 4.79 Å². The third-order valence-electron chi connectivity index (χ3n) is 6.58. The average molecular weight is 491 g/mol. The van der Waals surface area contributed by atoms with E-state index in [2.05, 4.69) is 0 Å². The van der Waals surface area contributed by atoms with Gasteiger partial charge in [0.2, 0.25) is 15.9 Å². The second-order valence-corrected chi connectivity index (χ2v) is 11.4. The highest BCUT2D eigenvalue weighted by Crippen LogP contribution is 2.24. The van der Waals surface area contributed by atoms with E-state index in [1.807, 2.05) is 95.9 Å². The molecule has 3 aromatic carbocycles. The maximum absolute atomic E-state index is 13.7. The Bertz CT molecular complexity index is 1130. The van der Waals surface area contributed by atoms with Gasteiger partial charge in [0.05, 0.1) is 11.7 Å². The van der Waals surface area contributed by atoms with E-state index in [0.29, 0.717) is 32.5 Å². The summed E-state index contributed by atoms with van der Waals surface area (Å²) in [5, 5.41) is 0. The Morgan fingerprint density at radius 1 is 0.800 bits per heavy atom. The Balaban J connectivity index is 1.42. The maximum Gasteiger partial charge on any atom is 0.227 e. The van der Waals surface area contributed by atoms with Crippen LogP contribution in [0, 0.1) is 5.92 Å². The molecule has 1 amide bonds. The number of nitrogens with zero attached hydrogens (tertiary/aromatic N) is 2. The minimum Gasteiger partial charge on any atom is -0.334 e. The van der Waals surface area contributed by atoms with E-state index in [1.54, 1.807) is 4.31 Å². The lowest BCUT2D eigenvalue weighted by Crippen LogP contribution is -2.47. The van der Waals surface area contributed by atoms with Gasteiger partial charge in [0.1, 0.15) is 0 Å². The zero-order valence-corrected chi connectivity index (χ0v) is 20.9. The van der Waals surface area contributed by atoms with E-state index in [0.717, 1.165) is 29.5 Å². The first kappa shape index (κ1) is 25.1. The molecular formula is C29H34N2O3S. The van der Waals surface area contributed by atoms with Crippen LogP contribution in [0.1, 0.15) is 36.0 Å². The first-order chi connectivity index (χ1) is 17.0. The summed E-state index contributed by atoms with van der Waals surface area (Å²) < 4.78 is 27.7. The number of carbonyl (C=O) groups excluding carboxylic acids is 1. The number of hydrogen-bond donors (Lipinski definition) is 0. The number of aryl methyl sites for hydroxylation is 1. The van der Waals surface area contributed by atoms with Crippen LogP contribution in [0.25, 0.3) is 0 Å². The summed E-state index contributed by atoms with van der Waals surface area (Å²) in [5.41, 5.74) is 3.28. The number of carbonyl (C=O) groups is 1. The Morgan fingerprint density at radius 2 is 1.31 bits per heavy atom. The number of hydrogen-bond acceptors (Lipinski definition) is 3. The molecule has 0 unspecified atom stereocenters. The lowest BCUT2D eigenvalue weighted by Gasteiger charge is -2.34. The summed E-state index contributed by atoms with van der Waals surface area (Å²) in [6, 6.07) is 29.9. The Hall–Kier alpha value is -2.96. The molecule has 1 saturated heterocycles. The van der Waals surface area contributed by atoms with Crippen LogP contribution < -0.4 is 0 Å². The molecule has 35 heavy (non-hydrogen) atoms. The predicted octanol–water partition coefficient (Wildman–Crippen LogP) is 4.89. The highest BCUT2D eigenvalue weighted by Gasteiger charge is 2.34. The monoisotopic (exact) mass is 490 g/mol. The first-order valence-electron chi connectivity index (χ1n) is 12.4. The minimum atomic E-state index is -3.40. The third kappa shape index (κ3) is 7.26. The van der Waals surface area contributed by atoms with Crippen LogP contribution in [-0.4, -0.2) is 42.4 Å². The number of sulfonamides is 1. The molecule has 1 atom stereocenters. The number of benzene rings is 3. The molecular weight excluding hydrogens is 456 g/mol. The van der Waals surface area contributed by atoms with Crippen molar-refractivity contribution < 1.29 is 13.2 Å². The molecule has 1 fully saturated rings. The second-order valence-electron chi connectivity index (χ2n) is 9.27. The van der Waals surface area contributed by atoms with Crippen LogP contribution in [0.2, 0.25) is 0 Å². The smallest absolute Gasteiger partial charge is 0.227 e. The van der Waals surface area contributed by atoms with Gasteiger partial charge in [-0.2, -0.15) is 0 Å². The Morgan fingerprint density at radius 3 is 1.86 bits per heavy atom. The zero-order valence-electron chi connectivity index (χ0n) is 20.1. The molecule has 0 saturated carbocycles. The zero-order chi connectivity index (χ0) is 24.5. The van der Waals surface area contributed by atoms with Crippen LogP contribution in [0.3, 0.4) is 0 Å². The Labute approximate surface area is 209 Å². The molecule has 184 valence electrons.